The van der Waals surface area contributed by atoms with E-state index in [0.717, 1.165) is 18.4 Å². The molecule has 3 N–H and O–H groups in total. The molecule has 17 heavy (non-hydrogen) atoms. The fraction of sp³-hybridized carbons (Fsp3) is 0.500. The van der Waals surface area contributed by atoms with Gasteiger partial charge >= 0.3 is 0 Å². The Morgan fingerprint density at radius 1 is 1.35 bits per heavy atom. The number of nitrogens with one attached hydrogen (secondary N) is 1. The molecule has 3 nitrogen and oxygen atoms in total. The Labute approximate surface area is 103 Å². The molecule has 0 spiro atoms. The maximum absolute atomic E-state index is 11.6. The lowest BCUT2D eigenvalue weighted by atomic mass is 10.1. The van der Waals surface area contributed by atoms with E-state index in [-0.39, 0.29) is 11.9 Å². The molecule has 0 saturated heterocycles. The normalized spacial score (nSPS) is 12.2. The van der Waals surface area contributed by atoms with Crippen molar-refractivity contribution >= 4 is 5.91 Å². The van der Waals surface area contributed by atoms with Gasteiger partial charge in [-0.25, -0.2) is 0 Å². The zero-order chi connectivity index (χ0) is 12.7. The Bertz CT molecular complexity index is 344. The first kappa shape index (κ1) is 13.7. The second-order valence-corrected chi connectivity index (χ2v) is 4.63. The van der Waals surface area contributed by atoms with Gasteiger partial charge in [-0.2, -0.15) is 0 Å². The smallest absolute Gasteiger partial charge is 0.224 e. The molecule has 0 aromatic heterocycles. The zero-order valence-electron chi connectivity index (χ0n) is 10.7. The van der Waals surface area contributed by atoms with E-state index in [9.17, 15) is 4.79 Å². The van der Waals surface area contributed by atoms with Gasteiger partial charge in [0.05, 0.1) is 6.42 Å². The number of carbonyl (C=O) groups excluding carboxylic acids is 1. The quantitative estimate of drug-likeness (QED) is 0.737. The van der Waals surface area contributed by atoms with Crippen molar-refractivity contribution in [1.29, 1.82) is 0 Å². The van der Waals surface area contributed by atoms with E-state index in [1.54, 1.807) is 0 Å². The van der Waals surface area contributed by atoms with Gasteiger partial charge in [-0.3, -0.25) is 4.79 Å². The average molecular weight is 234 g/mol. The highest BCUT2D eigenvalue weighted by Gasteiger charge is 2.02. The van der Waals surface area contributed by atoms with Crippen molar-refractivity contribution in [3.8, 4) is 0 Å². The zero-order valence-corrected chi connectivity index (χ0v) is 10.7. The number of rotatable bonds is 6. The van der Waals surface area contributed by atoms with E-state index in [0.29, 0.717) is 13.0 Å². The first-order valence-corrected chi connectivity index (χ1v) is 6.16. The van der Waals surface area contributed by atoms with Gasteiger partial charge in [-0.15, -0.1) is 0 Å². The largest absolute Gasteiger partial charge is 0.356 e. The molecular formula is C14H22N2O. The van der Waals surface area contributed by atoms with Gasteiger partial charge in [0, 0.05) is 12.6 Å². The highest BCUT2D eigenvalue weighted by atomic mass is 16.1. The molecule has 0 radical (unpaired) electrons. The van der Waals surface area contributed by atoms with Crippen molar-refractivity contribution in [3.63, 3.8) is 0 Å². The van der Waals surface area contributed by atoms with Gasteiger partial charge in [0.2, 0.25) is 5.91 Å². The Morgan fingerprint density at radius 3 is 2.59 bits per heavy atom. The van der Waals surface area contributed by atoms with Gasteiger partial charge in [-0.05, 0) is 32.3 Å². The predicted octanol–water partition coefficient (Wildman–Crippen LogP) is 1.78. The summed E-state index contributed by atoms with van der Waals surface area (Å²) in [5.41, 5.74) is 7.90. The second-order valence-electron chi connectivity index (χ2n) is 4.63. The molecule has 3 heteroatoms. The maximum atomic E-state index is 11.6. The minimum Gasteiger partial charge on any atom is -0.356 e. The number of amides is 1. The second kappa shape index (κ2) is 7.07. The molecule has 0 saturated carbocycles. The summed E-state index contributed by atoms with van der Waals surface area (Å²) in [6.45, 7) is 4.73. The SMILES string of the molecule is Cc1ccc(CC(=O)NCCCC(C)N)cc1. The highest BCUT2D eigenvalue weighted by molar-refractivity contribution is 5.78. The minimum atomic E-state index is 0.0820. The van der Waals surface area contributed by atoms with Crippen LogP contribution in [0.4, 0.5) is 0 Å². The van der Waals surface area contributed by atoms with Gasteiger partial charge in [0.25, 0.3) is 0 Å². The van der Waals surface area contributed by atoms with Crippen LogP contribution < -0.4 is 11.1 Å². The summed E-state index contributed by atoms with van der Waals surface area (Å²) in [6, 6.07) is 8.26. The number of hydrogen-bond donors (Lipinski definition) is 2. The van der Waals surface area contributed by atoms with Gasteiger partial charge in [0.15, 0.2) is 0 Å². The van der Waals surface area contributed by atoms with Crippen LogP contribution in [0.2, 0.25) is 0 Å². The number of benzene rings is 1. The Hall–Kier alpha value is -1.35. The minimum absolute atomic E-state index is 0.0820. The van der Waals surface area contributed by atoms with E-state index < -0.39 is 0 Å². The van der Waals surface area contributed by atoms with E-state index in [2.05, 4.69) is 5.32 Å². The fourth-order valence-corrected chi connectivity index (χ4v) is 1.61. The summed E-state index contributed by atoms with van der Waals surface area (Å²) >= 11 is 0. The van der Waals surface area contributed by atoms with Crippen LogP contribution in [0.3, 0.4) is 0 Å². The van der Waals surface area contributed by atoms with E-state index in [4.69, 9.17) is 5.73 Å². The number of aryl methyl sites for hydroxylation is 1. The molecule has 1 rings (SSSR count). The highest BCUT2D eigenvalue weighted by Crippen LogP contribution is 2.03. The molecule has 0 aliphatic rings. The van der Waals surface area contributed by atoms with E-state index >= 15 is 0 Å². The third-order valence-electron chi connectivity index (χ3n) is 2.64. The first-order valence-electron chi connectivity index (χ1n) is 6.16. The monoisotopic (exact) mass is 234 g/mol. The van der Waals surface area contributed by atoms with Crippen molar-refractivity contribution < 1.29 is 4.79 Å². The molecule has 1 unspecified atom stereocenters. The van der Waals surface area contributed by atoms with Crippen LogP contribution in [0.1, 0.15) is 30.9 Å². The molecule has 0 bridgehead atoms. The molecule has 1 aromatic rings. The van der Waals surface area contributed by atoms with Gasteiger partial charge < -0.3 is 11.1 Å². The van der Waals surface area contributed by atoms with Crippen LogP contribution in [0.25, 0.3) is 0 Å². The molecular weight excluding hydrogens is 212 g/mol. The third kappa shape index (κ3) is 6.07. The number of carbonyl (C=O) groups is 1. The molecule has 0 aliphatic carbocycles. The van der Waals surface area contributed by atoms with Crippen molar-refractivity contribution in [2.75, 3.05) is 6.54 Å². The van der Waals surface area contributed by atoms with Crippen molar-refractivity contribution in [3.05, 3.63) is 35.4 Å². The summed E-state index contributed by atoms with van der Waals surface area (Å²) in [7, 11) is 0. The summed E-state index contributed by atoms with van der Waals surface area (Å²) in [6.07, 6.45) is 2.35. The average Bonchev–Trinajstić information content (AvgIpc) is 2.27. The molecule has 94 valence electrons. The van der Waals surface area contributed by atoms with Crippen molar-refractivity contribution in [1.82, 2.24) is 5.32 Å². The van der Waals surface area contributed by atoms with Gasteiger partial charge in [0.1, 0.15) is 0 Å². The standard InChI is InChI=1S/C14H22N2O/c1-11-5-7-13(8-6-11)10-14(17)16-9-3-4-12(2)15/h5-8,12H,3-4,9-10,15H2,1-2H3,(H,16,17). The Balaban J connectivity index is 2.23. The molecule has 1 amide bonds. The molecule has 0 aliphatic heterocycles. The van der Waals surface area contributed by atoms with Crippen LogP contribution in [-0.4, -0.2) is 18.5 Å². The molecule has 1 atom stereocenters. The summed E-state index contributed by atoms with van der Waals surface area (Å²) < 4.78 is 0. The lowest BCUT2D eigenvalue weighted by Gasteiger charge is -2.07. The maximum Gasteiger partial charge on any atom is 0.224 e. The van der Waals surface area contributed by atoms with E-state index in [1.165, 1.54) is 5.56 Å². The van der Waals surface area contributed by atoms with Crippen LogP contribution in [0, 0.1) is 6.92 Å². The van der Waals surface area contributed by atoms with Crippen LogP contribution in [-0.2, 0) is 11.2 Å². The first-order chi connectivity index (χ1) is 8.08. The van der Waals surface area contributed by atoms with E-state index in [1.807, 2.05) is 38.1 Å². The molecule has 1 aromatic carbocycles. The molecule has 0 heterocycles. The molecule has 0 fully saturated rings. The van der Waals surface area contributed by atoms with Crippen molar-refractivity contribution in [2.45, 2.75) is 39.2 Å². The number of nitrogens with two attached hydrogens (primary N) is 1. The number of hydrogen-bond acceptors (Lipinski definition) is 2. The predicted molar refractivity (Wildman–Crippen MR) is 70.8 cm³/mol. The lowest BCUT2D eigenvalue weighted by molar-refractivity contribution is -0.120. The Morgan fingerprint density at radius 2 is 2.00 bits per heavy atom. The Kier molecular flexibility index (Phi) is 5.70. The third-order valence-corrected chi connectivity index (χ3v) is 2.64. The fourth-order valence-electron chi connectivity index (χ4n) is 1.61. The van der Waals surface area contributed by atoms with Crippen LogP contribution in [0.5, 0.6) is 0 Å². The van der Waals surface area contributed by atoms with Crippen molar-refractivity contribution in [2.24, 2.45) is 5.73 Å². The van der Waals surface area contributed by atoms with Crippen LogP contribution >= 0.6 is 0 Å². The summed E-state index contributed by atoms with van der Waals surface area (Å²) in [4.78, 5) is 11.6. The topological polar surface area (TPSA) is 55.1 Å². The lowest BCUT2D eigenvalue weighted by Crippen LogP contribution is -2.27. The van der Waals surface area contributed by atoms with Gasteiger partial charge in [-0.1, -0.05) is 29.8 Å². The summed E-state index contributed by atoms with van der Waals surface area (Å²) in [5, 5.41) is 2.91. The van der Waals surface area contributed by atoms with Crippen LogP contribution in [0.15, 0.2) is 24.3 Å². The summed E-state index contributed by atoms with van der Waals surface area (Å²) in [5.74, 6) is 0.0820.